The molecule has 0 aliphatic rings. The number of thiophene rings is 1. The molecule has 0 aromatic carbocycles. The molecule has 0 aliphatic heterocycles. The normalized spacial score (nSPS) is 12.8. The molecule has 17 heavy (non-hydrogen) atoms. The molecule has 1 aromatic heterocycles. The molecule has 1 rings (SSSR count). The van der Waals surface area contributed by atoms with Crippen LogP contribution in [0.1, 0.15) is 18.7 Å². The summed E-state index contributed by atoms with van der Waals surface area (Å²) in [7, 11) is 3.77. The van der Waals surface area contributed by atoms with Gasteiger partial charge in [0.2, 0.25) is 5.91 Å². The molecule has 1 N–H and O–H groups in total. The topological polar surface area (TPSA) is 32.3 Å². The number of carbonyl (C=O) groups excluding carboxylic acids is 1. The smallest absolute Gasteiger partial charge is 0.227 e. The first-order valence-electron chi connectivity index (χ1n) is 5.98. The molecule has 0 saturated heterocycles. The van der Waals surface area contributed by atoms with Crippen LogP contribution in [-0.4, -0.2) is 31.4 Å². The molecule has 1 amide bonds. The minimum absolute atomic E-state index is 0.0602. The first-order valence-corrected chi connectivity index (χ1v) is 6.86. The van der Waals surface area contributed by atoms with Crippen molar-refractivity contribution in [2.24, 2.45) is 11.8 Å². The molecule has 0 spiro atoms. The highest BCUT2D eigenvalue weighted by Crippen LogP contribution is 2.16. The fraction of sp³-hybridized carbons (Fsp3) is 0.615. The Bertz CT molecular complexity index is 335. The lowest BCUT2D eigenvalue weighted by Crippen LogP contribution is -2.39. The summed E-state index contributed by atoms with van der Waals surface area (Å²) in [6.45, 7) is 5.65. The Morgan fingerprint density at radius 1 is 1.53 bits per heavy atom. The van der Waals surface area contributed by atoms with Crippen molar-refractivity contribution in [2.45, 2.75) is 20.4 Å². The Hall–Kier alpha value is -0.870. The summed E-state index contributed by atoms with van der Waals surface area (Å²) in [5, 5.41) is 5.14. The summed E-state index contributed by atoms with van der Waals surface area (Å²) in [4.78, 5) is 15.3. The zero-order chi connectivity index (χ0) is 12.8. The highest BCUT2D eigenvalue weighted by molar-refractivity contribution is 7.09. The number of nitrogens with zero attached hydrogens (tertiary/aromatic N) is 1. The number of carbonyl (C=O) groups is 1. The molecule has 0 bridgehead atoms. The van der Waals surface area contributed by atoms with Crippen molar-refractivity contribution in [1.29, 1.82) is 0 Å². The molecule has 3 nitrogen and oxygen atoms in total. The summed E-state index contributed by atoms with van der Waals surface area (Å²) in [6.07, 6.45) is 0. The maximum absolute atomic E-state index is 12.3. The maximum Gasteiger partial charge on any atom is 0.227 e. The van der Waals surface area contributed by atoms with Gasteiger partial charge < -0.3 is 10.2 Å². The fourth-order valence-electron chi connectivity index (χ4n) is 1.83. The van der Waals surface area contributed by atoms with Gasteiger partial charge in [-0.05, 0) is 24.4 Å². The van der Waals surface area contributed by atoms with Gasteiger partial charge in [-0.3, -0.25) is 4.79 Å². The van der Waals surface area contributed by atoms with Crippen LogP contribution in [0.4, 0.5) is 0 Å². The first-order chi connectivity index (χ1) is 8.06. The molecule has 0 radical (unpaired) electrons. The van der Waals surface area contributed by atoms with E-state index in [9.17, 15) is 4.79 Å². The summed E-state index contributed by atoms with van der Waals surface area (Å²) in [5.41, 5.74) is 0. The van der Waals surface area contributed by atoms with Gasteiger partial charge in [0.25, 0.3) is 0 Å². The van der Waals surface area contributed by atoms with Gasteiger partial charge in [-0.2, -0.15) is 0 Å². The quantitative estimate of drug-likeness (QED) is 0.844. The van der Waals surface area contributed by atoms with Gasteiger partial charge in [0, 0.05) is 18.5 Å². The third-order valence-electron chi connectivity index (χ3n) is 2.90. The Labute approximate surface area is 108 Å². The van der Waals surface area contributed by atoms with Crippen molar-refractivity contribution >= 4 is 17.2 Å². The van der Waals surface area contributed by atoms with Gasteiger partial charge >= 0.3 is 0 Å². The third kappa shape index (κ3) is 4.13. The van der Waals surface area contributed by atoms with E-state index in [4.69, 9.17) is 0 Å². The van der Waals surface area contributed by atoms with E-state index in [2.05, 4.69) is 25.2 Å². The van der Waals surface area contributed by atoms with Crippen molar-refractivity contribution in [3.63, 3.8) is 0 Å². The van der Waals surface area contributed by atoms with Gasteiger partial charge in [0.15, 0.2) is 0 Å². The van der Waals surface area contributed by atoms with Crippen LogP contribution >= 0.6 is 11.3 Å². The van der Waals surface area contributed by atoms with E-state index in [1.54, 1.807) is 11.3 Å². The zero-order valence-electron chi connectivity index (χ0n) is 11.1. The summed E-state index contributed by atoms with van der Waals surface area (Å²) < 4.78 is 0. The Balaban J connectivity index is 2.60. The van der Waals surface area contributed by atoms with E-state index in [0.717, 1.165) is 6.54 Å². The zero-order valence-corrected chi connectivity index (χ0v) is 11.9. The van der Waals surface area contributed by atoms with E-state index >= 15 is 0 Å². The molecular weight excluding hydrogens is 232 g/mol. The lowest BCUT2D eigenvalue weighted by molar-refractivity contribution is -0.135. The monoisotopic (exact) mass is 254 g/mol. The van der Waals surface area contributed by atoms with Gasteiger partial charge in [-0.25, -0.2) is 0 Å². The van der Waals surface area contributed by atoms with E-state index < -0.39 is 0 Å². The average molecular weight is 254 g/mol. The molecular formula is C13H22N2OS. The number of hydrogen-bond acceptors (Lipinski definition) is 3. The highest BCUT2D eigenvalue weighted by Gasteiger charge is 2.24. The molecule has 1 atom stereocenters. The SMILES string of the molecule is CNCC(C(=O)N(C)Cc1cccs1)C(C)C. The molecule has 1 aromatic rings. The minimum Gasteiger partial charge on any atom is -0.340 e. The largest absolute Gasteiger partial charge is 0.340 e. The molecule has 0 saturated carbocycles. The second kappa shape index (κ2) is 6.77. The van der Waals surface area contributed by atoms with Crippen molar-refractivity contribution < 1.29 is 4.79 Å². The highest BCUT2D eigenvalue weighted by atomic mass is 32.1. The third-order valence-corrected chi connectivity index (χ3v) is 3.76. The van der Waals surface area contributed by atoms with Crippen LogP contribution < -0.4 is 5.32 Å². The number of hydrogen-bond donors (Lipinski definition) is 1. The average Bonchev–Trinajstić information content (AvgIpc) is 2.77. The minimum atomic E-state index is 0.0602. The maximum atomic E-state index is 12.3. The van der Waals surface area contributed by atoms with Crippen LogP contribution in [0.2, 0.25) is 0 Å². The number of rotatable bonds is 6. The van der Waals surface area contributed by atoms with Gasteiger partial charge in [0.1, 0.15) is 0 Å². The molecule has 1 heterocycles. The lowest BCUT2D eigenvalue weighted by Gasteiger charge is -2.25. The molecule has 0 fully saturated rings. The van der Waals surface area contributed by atoms with Gasteiger partial charge in [0.05, 0.1) is 12.5 Å². The second-order valence-electron chi connectivity index (χ2n) is 4.68. The van der Waals surface area contributed by atoms with Crippen LogP contribution in [-0.2, 0) is 11.3 Å². The van der Waals surface area contributed by atoms with E-state index in [-0.39, 0.29) is 11.8 Å². The molecule has 1 unspecified atom stereocenters. The van der Waals surface area contributed by atoms with Crippen LogP contribution in [0.25, 0.3) is 0 Å². The van der Waals surface area contributed by atoms with E-state index in [1.807, 2.05) is 30.4 Å². The molecule has 96 valence electrons. The van der Waals surface area contributed by atoms with Crippen LogP contribution in [0.5, 0.6) is 0 Å². The standard InChI is InChI=1S/C13H22N2OS/c1-10(2)12(8-14-3)13(16)15(4)9-11-6-5-7-17-11/h5-7,10,12,14H,8-9H2,1-4H3. The van der Waals surface area contributed by atoms with Crippen molar-refractivity contribution in [3.8, 4) is 0 Å². The summed E-state index contributed by atoms with van der Waals surface area (Å²) in [6, 6.07) is 4.09. The van der Waals surface area contributed by atoms with Gasteiger partial charge in [-0.1, -0.05) is 19.9 Å². The van der Waals surface area contributed by atoms with Crippen molar-refractivity contribution in [2.75, 3.05) is 20.6 Å². The number of nitrogens with one attached hydrogen (secondary N) is 1. The first kappa shape index (κ1) is 14.2. The van der Waals surface area contributed by atoms with E-state index in [1.165, 1.54) is 4.88 Å². The Kier molecular flexibility index (Phi) is 5.65. The van der Waals surface area contributed by atoms with Crippen molar-refractivity contribution in [1.82, 2.24) is 10.2 Å². The van der Waals surface area contributed by atoms with Gasteiger partial charge in [-0.15, -0.1) is 11.3 Å². The van der Waals surface area contributed by atoms with Crippen molar-refractivity contribution in [3.05, 3.63) is 22.4 Å². The Morgan fingerprint density at radius 3 is 2.71 bits per heavy atom. The molecule has 0 aliphatic carbocycles. The second-order valence-corrected chi connectivity index (χ2v) is 5.71. The van der Waals surface area contributed by atoms with E-state index in [0.29, 0.717) is 12.5 Å². The summed E-state index contributed by atoms with van der Waals surface area (Å²) in [5.74, 6) is 0.647. The van der Waals surface area contributed by atoms with Crippen LogP contribution in [0.15, 0.2) is 17.5 Å². The number of amides is 1. The fourth-order valence-corrected chi connectivity index (χ4v) is 2.58. The predicted octanol–water partition coefficient (Wildman–Crippen LogP) is 2.20. The predicted molar refractivity (Wildman–Crippen MR) is 73.0 cm³/mol. The Morgan fingerprint density at radius 2 is 2.24 bits per heavy atom. The van der Waals surface area contributed by atoms with Crippen LogP contribution in [0.3, 0.4) is 0 Å². The lowest BCUT2D eigenvalue weighted by atomic mass is 9.94. The van der Waals surface area contributed by atoms with Crippen LogP contribution in [0, 0.1) is 11.8 Å². The summed E-state index contributed by atoms with van der Waals surface area (Å²) >= 11 is 1.69. The molecule has 4 heteroatoms.